The van der Waals surface area contributed by atoms with Crippen molar-refractivity contribution in [3.63, 3.8) is 0 Å². The highest BCUT2D eigenvalue weighted by Gasteiger charge is 2.43. The number of sulfonamides is 1. The van der Waals surface area contributed by atoms with Crippen molar-refractivity contribution in [3.8, 4) is 0 Å². The number of hydrogen-bond acceptors (Lipinski definition) is 11. The molecule has 65 heavy (non-hydrogen) atoms. The minimum atomic E-state index is -4.15. The molecule has 15 nitrogen and oxygen atoms in total. The number of benzene rings is 2. The van der Waals surface area contributed by atoms with Crippen molar-refractivity contribution in [1.82, 2.24) is 24.7 Å². The first-order chi connectivity index (χ1) is 30.6. The van der Waals surface area contributed by atoms with E-state index in [-0.39, 0.29) is 60.7 Å². The van der Waals surface area contributed by atoms with Crippen LogP contribution in [-0.4, -0.2) is 131 Å². The first-order valence-corrected chi connectivity index (χ1v) is 24.7. The van der Waals surface area contributed by atoms with Gasteiger partial charge in [0.2, 0.25) is 27.7 Å². The van der Waals surface area contributed by atoms with Crippen LogP contribution in [0.15, 0.2) is 54.6 Å². The summed E-state index contributed by atoms with van der Waals surface area (Å²) in [7, 11) is 4.36. The lowest BCUT2D eigenvalue weighted by Crippen LogP contribution is -2.55. The van der Waals surface area contributed by atoms with Crippen LogP contribution in [0, 0.1) is 29.6 Å². The Morgan fingerprint density at radius 2 is 1.45 bits per heavy atom. The molecule has 0 aromatic heterocycles. The zero-order chi connectivity index (χ0) is 48.8. The average Bonchev–Trinajstić information content (AvgIpc) is 3.74. The number of carbonyl (C=O) groups is 5. The quantitative estimate of drug-likeness (QED) is 0.120. The van der Waals surface area contributed by atoms with Gasteiger partial charge in [0.1, 0.15) is 6.04 Å². The van der Waals surface area contributed by atoms with Gasteiger partial charge in [0.25, 0.3) is 5.91 Å². The Morgan fingerprint density at radius 1 is 0.831 bits per heavy atom. The number of nitrogens with one attached hydrogen (secondary N) is 2. The maximum absolute atomic E-state index is 14.4. The SMILES string of the molecule is CC[C@H](C)[C@@H]([C@@H](CC(=O)N1CCC[C@H]1[C@H](OC)[C@@H](C)C(=O)N[C@@H](Cc1ccccc1)C(=O)NS(=O)(=O)Cc1ccc(CN)cc1)OC)N(C)C(=O)[C@@H](CC(=O)[C@H](C(C)C)N(C)C)C(C)C. The van der Waals surface area contributed by atoms with Gasteiger partial charge >= 0.3 is 0 Å². The van der Waals surface area contributed by atoms with Crippen LogP contribution < -0.4 is 15.8 Å². The van der Waals surface area contributed by atoms with Crippen molar-refractivity contribution in [2.75, 3.05) is 41.9 Å². The van der Waals surface area contributed by atoms with Crippen molar-refractivity contribution in [2.45, 2.75) is 136 Å². The molecule has 2 aromatic carbocycles. The van der Waals surface area contributed by atoms with Crippen LogP contribution in [0.5, 0.6) is 0 Å². The van der Waals surface area contributed by atoms with Gasteiger partial charge in [-0.3, -0.25) is 33.6 Å². The topological polar surface area (TPSA) is 198 Å². The molecule has 0 saturated carbocycles. The fourth-order valence-electron chi connectivity index (χ4n) is 9.38. The number of amides is 4. The van der Waals surface area contributed by atoms with Crippen molar-refractivity contribution in [1.29, 1.82) is 0 Å². The molecule has 1 aliphatic heterocycles. The summed E-state index contributed by atoms with van der Waals surface area (Å²) in [5.41, 5.74) is 7.69. The minimum Gasteiger partial charge on any atom is -0.379 e. The van der Waals surface area contributed by atoms with E-state index in [2.05, 4.69) is 10.0 Å². The number of likely N-dealkylation sites (N-methyl/N-ethyl adjacent to an activating group) is 2. The Balaban J connectivity index is 1.82. The Morgan fingerprint density at radius 3 is 1.97 bits per heavy atom. The Kier molecular flexibility index (Phi) is 21.7. The Labute approximate surface area is 389 Å². The van der Waals surface area contributed by atoms with Crippen LogP contribution in [-0.2, 0) is 62.2 Å². The fraction of sp³-hybridized carbons (Fsp3) is 0.653. The summed E-state index contributed by atoms with van der Waals surface area (Å²) in [5.74, 6) is -3.76. The zero-order valence-corrected chi connectivity index (χ0v) is 41.7. The summed E-state index contributed by atoms with van der Waals surface area (Å²) in [5, 5.41) is 2.80. The molecule has 3 rings (SSSR count). The van der Waals surface area contributed by atoms with E-state index in [1.807, 2.05) is 66.6 Å². The van der Waals surface area contributed by atoms with E-state index in [0.717, 1.165) is 5.56 Å². The number of rotatable bonds is 26. The van der Waals surface area contributed by atoms with Gasteiger partial charge in [0, 0.05) is 53.1 Å². The van der Waals surface area contributed by atoms with Crippen LogP contribution in [0.2, 0.25) is 0 Å². The molecule has 9 atom stereocenters. The van der Waals surface area contributed by atoms with E-state index >= 15 is 0 Å². The Bertz CT molecular complexity index is 1960. The van der Waals surface area contributed by atoms with E-state index in [1.165, 1.54) is 14.2 Å². The molecule has 1 aliphatic rings. The highest BCUT2D eigenvalue weighted by molar-refractivity contribution is 7.89. The molecule has 0 aliphatic carbocycles. The summed E-state index contributed by atoms with van der Waals surface area (Å²) >= 11 is 0. The van der Waals surface area contributed by atoms with Crippen LogP contribution >= 0.6 is 0 Å². The lowest BCUT2D eigenvalue weighted by molar-refractivity contribution is -0.149. The normalized spacial score (nSPS) is 18.1. The van der Waals surface area contributed by atoms with Crippen LogP contribution in [0.4, 0.5) is 0 Å². The number of nitrogens with zero attached hydrogens (tertiary/aromatic N) is 3. The van der Waals surface area contributed by atoms with Gasteiger partial charge in [0.05, 0.1) is 48.4 Å². The van der Waals surface area contributed by atoms with Gasteiger partial charge in [-0.15, -0.1) is 0 Å². The van der Waals surface area contributed by atoms with Crippen LogP contribution in [0.25, 0.3) is 0 Å². The lowest BCUT2D eigenvalue weighted by Gasteiger charge is -2.41. The van der Waals surface area contributed by atoms with Crippen molar-refractivity contribution in [3.05, 3.63) is 71.3 Å². The fourth-order valence-corrected chi connectivity index (χ4v) is 10.5. The van der Waals surface area contributed by atoms with Crippen molar-refractivity contribution >= 4 is 39.4 Å². The standard InChI is InChI=1S/C49H78N6O9S/c1-13-33(6)45(54(10)49(60)38(31(2)3)27-41(56)44(32(4)5)53(8)9)42(63-11)28-43(57)55-25-17-20-40(55)46(64-12)34(7)47(58)51-39(26-35-18-15-14-16-19-35)48(59)52-65(61,62)30-37-23-21-36(29-50)22-24-37/h14-16,18-19,21-24,31-34,38-40,42,44-46H,13,17,20,25-30,50H2,1-12H3,(H,51,58)(H,52,59)/t33-,34+,38-,39-,40-,42+,44-,45-,46+/m0/s1. The molecule has 1 heterocycles. The second-order valence-corrected chi connectivity index (χ2v) is 20.5. The monoisotopic (exact) mass is 927 g/mol. The van der Waals surface area contributed by atoms with E-state index in [1.54, 1.807) is 72.3 Å². The molecule has 0 spiro atoms. The molecule has 1 saturated heterocycles. The first kappa shape index (κ1) is 55.1. The maximum Gasteiger partial charge on any atom is 0.256 e. The van der Waals surface area contributed by atoms with Crippen molar-refractivity contribution < 1.29 is 41.9 Å². The molecule has 364 valence electrons. The first-order valence-electron chi connectivity index (χ1n) is 23.1. The molecule has 0 bridgehead atoms. The minimum absolute atomic E-state index is 0.0173. The number of methoxy groups -OCH3 is 2. The van der Waals surface area contributed by atoms with E-state index in [0.29, 0.717) is 43.5 Å². The van der Waals surface area contributed by atoms with Gasteiger partial charge in [-0.05, 0) is 61.4 Å². The molecule has 16 heteroatoms. The van der Waals surface area contributed by atoms with Crippen LogP contribution in [0.3, 0.4) is 0 Å². The second-order valence-electron chi connectivity index (χ2n) is 18.8. The van der Waals surface area contributed by atoms with Crippen molar-refractivity contribution in [2.24, 2.45) is 35.3 Å². The lowest BCUT2D eigenvalue weighted by atomic mass is 9.83. The summed E-state index contributed by atoms with van der Waals surface area (Å²) in [4.78, 5) is 75.6. The van der Waals surface area contributed by atoms with Gasteiger partial charge in [-0.2, -0.15) is 0 Å². The molecule has 0 unspecified atom stereocenters. The Hall–Kier alpha value is -4.22. The smallest absolute Gasteiger partial charge is 0.256 e. The molecule has 4 N–H and O–H groups in total. The van der Waals surface area contributed by atoms with E-state index < -0.39 is 69.8 Å². The van der Waals surface area contributed by atoms with Gasteiger partial charge in [-0.1, -0.05) is 109 Å². The number of Topliss-reactive ketones (excluding diaryl/α,β-unsaturated/α-hetero) is 1. The molecular weight excluding hydrogens is 849 g/mol. The van der Waals surface area contributed by atoms with Gasteiger partial charge < -0.3 is 30.3 Å². The number of hydrogen-bond donors (Lipinski definition) is 3. The molecule has 4 amide bonds. The highest BCUT2D eigenvalue weighted by atomic mass is 32.2. The summed E-state index contributed by atoms with van der Waals surface area (Å²) in [6.07, 6.45) is 0.555. The molecule has 0 radical (unpaired) electrons. The average molecular weight is 927 g/mol. The second kappa shape index (κ2) is 25.6. The van der Waals surface area contributed by atoms with Gasteiger partial charge in [-0.25, -0.2) is 8.42 Å². The maximum atomic E-state index is 14.4. The predicted molar refractivity (Wildman–Crippen MR) is 254 cm³/mol. The largest absolute Gasteiger partial charge is 0.379 e. The molecule has 1 fully saturated rings. The third-order valence-electron chi connectivity index (χ3n) is 13.1. The van der Waals surface area contributed by atoms with Crippen LogP contribution in [0.1, 0.15) is 97.3 Å². The number of ether oxygens (including phenoxy) is 2. The number of carbonyl (C=O) groups excluding carboxylic acids is 5. The third kappa shape index (κ3) is 15.4. The highest BCUT2D eigenvalue weighted by Crippen LogP contribution is 2.31. The summed E-state index contributed by atoms with van der Waals surface area (Å²) in [6, 6.07) is 13.1. The summed E-state index contributed by atoms with van der Waals surface area (Å²) < 4.78 is 40.7. The zero-order valence-electron chi connectivity index (χ0n) is 40.9. The third-order valence-corrected chi connectivity index (χ3v) is 14.3. The predicted octanol–water partition coefficient (Wildman–Crippen LogP) is 4.56. The number of likely N-dealkylation sites (tertiary alicyclic amines) is 1. The molecular formula is C49H78N6O9S. The molecule has 2 aromatic rings. The van der Waals surface area contributed by atoms with Gasteiger partial charge in [0.15, 0.2) is 5.78 Å². The van der Waals surface area contributed by atoms with E-state index in [9.17, 15) is 32.4 Å². The number of nitrogens with two attached hydrogens (primary N) is 1. The van der Waals surface area contributed by atoms with E-state index in [4.69, 9.17) is 15.2 Å². The summed E-state index contributed by atoms with van der Waals surface area (Å²) in [6.45, 7) is 14.4. The number of ketones is 1.